The van der Waals surface area contributed by atoms with Gasteiger partial charge in [-0.05, 0) is 6.07 Å². The molecule has 0 N–H and O–H groups in total. The summed E-state index contributed by atoms with van der Waals surface area (Å²) in [7, 11) is 0. The van der Waals surface area contributed by atoms with Crippen LogP contribution in [0.5, 0.6) is 0 Å². The molecular weight excluding hydrogens is 258 g/mol. The predicted octanol–water partition coefficient (Wildman–Crippen LogP) is 3.96. The molecule has 2 aromatic rings. The zero-order valence-corrected chi connectivity index (χ0v) is 8.90. The molecule has 88 valence electrons. The van der Waals surface area contributed by atoms with Gasteiger partial charge in [0.15, 0.2) is 5.82 Å². The van der Waals surface area contributed by atoms with Crippen LogP contribution in [0.4, 0.5) is 17.6 Å². The summed E-state index contributed by atoms with van der Waals surface area (Å²) in [5, 5.41) is -0.756. The van der Waals surface area contributed by atoms with Gasteiger partial charge in [0.05, 0.1) is 0 Å². The first kappa shape index (κ1) is 11.9. The van der Waals surface area contributed by atoms with Crippen molar-refractivity contribution in [3.63, 3.8) is 0 Å². The van der Waals surface area contributed by atoms with Gasteiger partial charge in [0.1, 0.15) is 10.8 Å². The molecule has 0 saturated heterocycles. The van der Waals surface area contributed by atoms with Gasteiger partial charge in [-0.1, -0.05) is 29.8 Å². The van der Waals surface area contributed by atoms with Crippen LogP contribution in [0.25, 0.3) is 11.1 Å². The monoisotopic (exact) mass is 261 g/mol. The number of hydrogen-bond donors (Lipinski definition) is 0. The minimum Gasteiger partial charge on any atom is -0.206 e. The Bertz CT molecular complexity index is 560. The maximum atomic E-state index is 13.5. The van der Waals surface area contributed by atoms with Crippen LogP contribution >= 0.6 is 11.6 Å². The van der Waals surface area contributed by atoms with Crippen molar-refractivity contribution in [2.24, 2.45) is 0 Å². The molecule has 1 heterocycles. The predicted molar refractivity (Wildman–Crippen MR) is 54.5 cm³/mol. The van der Waals surface area contributed by atoms with E-state index in [1.807, 2.05) is 0 Å². The van der Waals surface area contributed by atoms with E-state index in [0.717, 1.165) is 6.07 Å². The molecule has 1 nitrogen and oxygen atoms in total. The summed E-state index contributed by atoms with van der Waals surface area (Å²) >= 11 is 5.47. The summed E-state index contributed by atoms with van der Waals surface area (Å²) in [6.07, 6.45) is 0. The van der Waals surface area contributed by atoms with Gasteiger partial charge in [0.2, 0.25) is 5.95 Å². The molecule has 0 radical (unpaired) electrons. The van der Waals surface area contributed by atoms with Crippen LogP contribution in [0.15, 0.2) is 24.3 Å². The molecule has 17 heavy (non-hydrogen) atoms. The molecule has 1 aromatic carbocycles. The molecule has 0 unspecified atom stereocenters. The topological polar surface area (TPSA) is 12.9 Å². The van der Waals surface area contributed by atoms with Crippen molar-refractivity contribution in [1.82, 2.24) is 4.98 Å². The second-order valence-corrected chi connectivity index (χ2v) is 3.55. The molecule has 0 saturated carbocycles. The zero-order chi connectivity index (χ0) is 12.6. The van der Waals surface area contributed by atoms with E-state index in [1.54, 1.807) is 0 Å². The first-order valence-electron chi connectivity index (χ1n) is 4.47. The Balaban J connectivity index is 2.80. The van der Waals surface area contributed by atoms with Gasteiger partial charge in [-0.15, -0.1) is 0 Å². The minimum absolute atomic E-state index is 0.324. The standard InChI is InChI=1S/C11H4ClF4N/c12-8-7(5-3-1-2-4-6(5)13)9(14)11(16)17-10(8)15/h1-4H. The molecule has 2 rings (SSSR count). The lowest BCUT2D eigenvalue weighted by Gasteiger charge is -2.07. The summed E-state index contributed by atoms with van der Waals surface area (Å²) in [6.45, 7) is 0. The Kier molecular flexibility index (Phi) is 3.02. The van der Waals surface area contributed by atoms with Gasteiger partial charge >= 0.3 is 0 Å². The Morgan fingerprint density at radius 3 is 2.24 bits per heavy atom. The number of nitrogens with zero attached hydrogens (tertiary/aromatic N) is 1. The van der Waals surface area contributed by atoms with Gasteiger partial charge in [0.25, 0.3) is 5.95 Å². The quantitative estimate of drug-likeness (QED) is 0.559. The normalized spacial score (nSPS) is 10.6. The maximum absolute atomic E-state index is 13.5. The molecule has 1 aromatic heterocycles. The second-order valence-electron chi connectivity index (χ2n) is 3.18. The van der Waals surface area contributed by atoms with Crippen LogP contribution in [0.3, 0.4) is 0 Å². The number of hydrogen-bond acceptors (Lipinski definition) is 1. The first-order valence-corrected chi connectivity index (χ1v) is 4.85. The molecule has 0 amide bonds. The van der Waals surface area contributed by atoms with Crippen LogP contribution in [0, 0.1) is 23.5 Å². The highest BCUT2D eigenvalue weighted by Crippen LogP contribution is 2.34. The lowest BCUT2D eigenvalue weighted by atomic mass is 10.1. The maximum Gasteiger partial charge on any atom is 0.252 e. The van der Waals surface area contributed by atoms with Crippen LogP contribution in [0.2, 0.25) is 5.02 Å². The molecule has 0 aliphatic carbocycles. The average Bonchev–Trinajstić information content (AvgIpc) is 2.29. The van der Waals surface area contributed by atoms with Crippen LogP contribution in [-0.2, 0) is 0 Å². The van der Waals surface area contributed by atoms with Crippen molar-refractivity contribution in [3.8, 4) is 11.1 Å². The van der Waals surface area contributed by atoms with E-state index in [1.165, 1.54) is 18.2 Å². The molecule has 0 aliphatic heterocycles. The van der Waals surface area contributed by atoms with Crippen molar-refractivity contribution < 1.29 is 17.6 Å². The van der Waals surface area contributed by atoms with E-state index in [9.17, 15) is 17.6 Å². The highest BCUT2D eigenvalue weighted by Gasteiger charge is 2.22. The Morgan fingerprint density at radius 2 is 1.59 bits per heavy atom. The Morgan fingerprint density at radius 1 is 0.941 bits per heavy atom. The number of pyridine rings is 1. The molecule has 0 atom stereocenters. The van der Waals surface area contributed by atoms with Gasteiger partial charge in [0, 0.05) is 11.1 Å². The van der Waals surface area contributed by atoms with E-state index in [4.69, 9.17) is 11.6 Å². The number of rotatable bonds is 1. The molecule has 0 aliphatic rings. The number of benzene rings is 1. The summed E-state index contributed by atoms with van der Waals surface area (Å²) in [5.74, 6) is -5.37. The summed E-state index contributed by atoms with van der Waals surface area (Å²) in [5.41, 5.74) is -0.995. The third kappa shape index (κ3) is 1.98. The Hall–Kier alpha value is -1.62. The fourth-order valence-corrected chi connectivity index (χ4v) is 1.61. The van der Waals surface area contributed by atoms with Crippen LogP contribution < -0.4 is 0 Å². The summed E-state index contributed by atoms with van der Waals surface area (Å²) in [4.78, 5) is 2.63. The summed E-state index contributed by atoms with van der Waals surface area (Å²) < 4.78 is 52.9. The van der Waals surface area contributed by atoms with E-state index in [-0.39, 0.29) is 5.56 Å². The third-order valence-electron chi connectivity index (χ3n) is 2.14. The fraction of sp³-hybridized carbons (Fsp3) is 0. The van der Waals surface area contributed by atoms with Crippen molar-refractivity contribution in [3.05, 3.63) is 52.8 Å². The average molecular weight is 262 g/mol. The molecule has 0 spiro atoms. The van der Waals surface area contributed by atoms with Gasteiger partial charge in [-0.2, -0.15) is 13.8 Å². The van der Waals surface area contributed by atoms with Crippen molar-refractivity contribution in [1.29, 1.82) is 0 Å². The van der Waals surface area contributed by atoms with Gasteiger partial charge in [-0.3, -0.25) is 0 Å². The lowest BCUT2D eigenvalue weighted by Crippen LogP contribution is -2.00. The van der Waals surface area contributed by atoms with Crippen LogP contribution in [0.1, 0.15) is 0 Å². The smallest absolute Gasteiger partial charge is 0.206 e. The number of aromatic nitrogens is 1. The number of halogens is 5. The highest BCUT2D eigenvalue weighted by molar-refractivity contribution is 6.33. The van der Waals surface area contributed by atoms with Crippen molar-refractivity contribution in [2.45, 2.75) is 0 Å². The molecule has 0 bridgehead atoms. The molecule has 6 heteroatoms. The second kappa shape index (κ2) is 4.33. The SMILES string of the molecule is Fc1ccccc1-c1c(F)c(F)nc(F)c1Cl. The fourth-order valence-electron chi connectivity index (χ4n) is 1.39. The molecule has 0 fully saturated rings. The summed E-state index contributed by atoms with van der Waals surface area (Å²) in [6, 6.07) is 4.95. The van der Waals surface area contributed by atoms with E-state index < -0.39 is 34.1 Å². The van der Waals surface area contributed by atoms with Gasteiger partial charge in [-0.25, -0.2) is 8.78 Å². The van der Waals surface area contributed by atoms with E-state index in [0.29, 0.717) is 0 Å². The van der Waals surface area contributed by atoms with Crippen LogP contribution in [-0.4, -0.2) is 4.98 Å². The largest absolute Gasteiger partial charge is 0.252 e. The lowest BCUT2D eigenvalue weighted by molar-refractivity contribution is 0.449. The highest BCUT2D eigenvalue weighted by atomic mass is 35.5. The van der Waals surface area contributed by atoms with E-state index >= 15 is 0 Å². The minimum atomic E-state index is -1.66. The third-order valence-corrected chi connectivity index (χ3v) is 2.49. The Labute approximate surface area is 98.7 Å². The van der Waals surface area contributed by atoms with E-state index in [2.05, 4.69) is 4.98 Å². The zero-order valence-electron chi connectivity index (χ0n) is 8.15. The van der Waals surface area contributed by atoms with Crippen molar-refractivity contribution >= 4 is 11.6 Å². The van der Waals surface area contributed by atoms with Crippen molar-refractivity contribution in [2.75, 3.05) is 0 Å². The molecular formula is C11H4ClF4N. The first-order chi connectivity index (χ1) is 8.02. The van der Waals surface area contributed by atoms with Gasteiger partial charge < -0.3 is 0 Å².